The Kier molecular flexibility index (Phi) is 7.86. The monoisotopic (exact) mass is 468 g/mol. The number of aliphatic hydroxyl groups excluding tert-OH is 1. The summed E-state index contributed by atoms with van der Waals surface area (Å²) >= 11 is 0. The van der Waals surface area contributed by atoms with Crippen molar-refractivity contribution in [2.75, 3.05) is 18.9 Å². The number of hydrogen-bond donors (Lipinski definition) is 3. The molecule has 0 aliphatic carbocycles. The Morgan fingerprint density at radius 1 is 0.886 bits per heavy atom. The Balaban J connectivity index is 1.31. The first-order valence-electron chi connectivity index (χ1n) is 12.3. The second kappa shape index (κ2) is 11.0. The van der Waals surface area contributed by atoms with Gasteiger partial charge in [0.2, 0.25) is 0 Å². The number of nitrogens with two attached hydrogens (primary N) is 1. The van der Waals surface area contributed by atoms with Crippen molar-refractivity contribution in [1.29, 1.82) is 0 Å². The van der Waals surface area contributed by atoms with E-state index >= 15 is 0 Å². The van der Waals surface area contributed by atoms with E-state index in [1.165, 1.54) is 16.3 Å². The molecule has 35 heavy (non-hydrogen) atoms. The fourth-order valence-corrected chi connectivity index (χ4v) is 4.50. The van der Waals surface area contributed by atoms with E-state index in [1.807, 2.05) is 43.3 Å². The van der Waals surface area contributed by atoms with Crippen LogP contribution in [0.15, 0.2) is 91.0 Å². The Labute approximate surface area is 208 Å². The summed E-state index contributed by atoms with van der Waals surface area (Å²) in [5, 5.41) is 16.7. The lowest BCUT2D eigenvalue weighted by Crippen LogP contribution is -2.46. The maximum atomic E-state index is 10.6. The first-order chi connectivity index (χ1) is 16.8. The summed E-state index contributed by atoms with van der Waals surface area (Å²) in [4.78, 5) is 0. The zero-order valence-corrected chi connectivity index (χ0v) is 20.9. The lowest BCUT2D eigenvalue weighted by Gasteiger charge is -2.28. The third-order valence-corrected chi connectivity index (χ3v) is 6.44. The van der Waals surface area contributed by atoms with Crippen molar-refractivity contribution in [2.24, 2.45) is 0 Å². The van der Waals surface area contributed by atoms with Gasteiger partial charge in [-0.05, 0) is 72.4 Å². The molecule has 0 radical (unpaired) electrons. The van der Waals surface area contributed by atoms with Gasteiger partial charge in [0.15, 0.2) is 0 Å². The van der Waals surface area contributed by atoms with Gasteiger partial charge in [0, 0.05) is 17.8 Å². The van der Waals surface area contributed by atoms with E-state index in [1.54, 1.807) is 0 Å². The van der Waals surface area contributed by atoms with Crippen LogP contribution in [0, 0.1) is 0 Å². The molecule has 182 valence electrons. The summed E-state index contributed by atoms with van der Waals surface area (Å²) < 4.78 is 6.09. The van der Waals surface area contributed by atoms with E-state index in [-0.39, 0.29) is 18.2 Å². The van der Waals surface area contributed by atoms with Gasteiger partial charge >= 0.3 is 0 Å². The number of hydrogen-bond acceptors (Lipinski definition) is 4. The minimum absolute atomic E-state index is 0.149. The molecule has 0 fully saturated rings. The minimum Gasteiger partial charge on any atom is -0.399 e. The van der Waals surface area contributed by atoms with Crippen LogP contribution >= 0.6 is 0 Å². The van der Waals surface area contributed by atoms with Crippen LogP contribution < -0.4 is 11.1 Å². The summed E-state index contributed by atoms with van der Waals surface area (Å²) in [7, 11) is 0. The van der Waals surface area contributed by atoms with Crippen LogP contribution in [0.4, 0.5) is 5.69 Å². The largest absolute Gasteiger partial charge is 0.399 e. The lowest BCUT2D eigenvalue weighted by molar-refractivity contribution is -0.00397. The molecule has 0 aliphatic heterocycles. The average molecular weight is 469 g/mol. The number of aliphatic hydroxyl groups is 1. The second-order valence-corrected chi connectivity index (χ2v) is 9.96. The summed E-state index contributed by atoms with van der Waals surface area (Å²) in [5.41, 5.74) is 11.0. The van der Waals surface area contributed by atoms with Crippen molar-refractivity contribution in [3.05, 3.63) is 102 Å². The van der Waals surface area contributed by atoms with Crippen molar-refractivity contribution in [2.45, 2.75) is 44.9 Å². The molecule has 2 atom stereocenters. The molecule has 0 saturated heterocycles. The summed E-state index contributed by atoms with van der Waals surface area (Å²) in [5.74, 6) is 0. The molecule has 4 N–H and O–H groups in total. The highest BCUT2D eigenvalue weighted by Gasteiger charge is 2.20. The average Bonchev–Trinajstić information content (AvgIpc) is 2.86. The summed E-state index contributed by atoms with van der Waals surface area (Å²) in [6.07, 6.45) is 0.123. The van der Waals surface area contributed by atoms with Gasteiger partial charge < -0.3 is 20.9 Å². The van der Waals surface area contributed by atoms with Gasteiger partial charge in [0.1, 0.15) is 0 Å². The van der Waals surface area contributed by atoms with Crippen molar-refractivity contribution in [3.63, 3.8) is 0 Å². The molecule has 0 spiro atoms. The van der Waals surface area contributed by atoms with Gasteiger partial charge in [0.05, 0.1) is 18.8 Å². The SMILES string of the molecule is C[C@@H](OC[C@H](O)CNC(C)(C)Cc1ccc2ccccc2c1)c1ccccc1-c1ccc(N)cc1. The molecule has 4 rings (SSSR count). The zero-order valence-electron chi connectivity index (χ0n) is 20.9. The molecule has 0 aliphatic rings. The number of rotatable bonds is 10. The van der Waals surface area contributed by atoms with E-state index in [0.717, 1.165) is 28.8 Å². The number of fused-ring (bicyclic) bond motifs is 1. The minimum atomic E-state index is -0.600. The topological polar surface area (TPSA) is 67.5 Å². The standard InChI is InChI=1S/C31H36N2O2/c1-22(29-10-6-7-11-30(29)25-14-16-27(32)17-15-25)35-21-28(34)20-33-31(2,3)19-23-12-13-24-8-4-5-9-26(24)18-23/h4-18,22,28,33-34H,19-21,32H2,1-3H3/t22-,28-/m1/s1. The number of anilines is 1. The van der Waals surface area contributed by atoms with Crippen LogP contribution in [0.25, 0.3) is 21.9 Å². The van der Waals surface area contributed by atoms with Gasteiger partial charge in [-0.2, -0.15) is 0 Å². The Morgan fingerprint density at radius 2 is 1.57 bits per heavy atom. The lowest BCUT2D eigenvalue weighted by atomic mass is 9.93. The fourth-order valence-electron chi connectivity index (χ4n) is 4.50. The first kappa shape index (κ1) is 24.9. The van der Waals surface area contributed by atoms with Gasteiger partial charge in [-0.1, -0.05) is 78.9 Å². The molecule has 4 aromatic rings. The normalized spacial score (nSPS) is 13.6. The van der Waals surface area contributed by atoms with Crippen LogP contribution in [0.1, 0.15) is 38.0 Å². The predicted octanol–water partition coefficient (Wildman–Crippen LogP) is 6.14. The number of nitrogens with one attached hydrogen (secondary N) is 1. The highest BCUT2D eigenvalue weighted by Crippen LogP contribution is 2.30. The van der Waals surface area contributed by atoms with Crippen molar-refractivity contribution >= 4 is 16.5 Å². The quantitative estimate of drug-likeness (QED) is 0.245. The van der Waals surface area contributed by atoms with E-state index in [0.29, 0.717) is 6.54 Å². The molecule has 0 unspecified atom stereocenters. The van der Waals surface area contributed by atoms with Gasteiger partial charge in [-0.3, -0.25) is 0 Å². The molecular formula is C31H36N2O2. The van der Waals surface area contributed by atoms with Crippen molar-refractivity contribution in [1.82, 2.24) is 5.32 Å². The van der Waals surface area contributed by atoms with Crippen LogP contribution in [-0.2, 0) is 11.2 Å². The zero-order chi connectivity index (χ0) is 24.8. The van der Waals surface area contributed by atoms with Gasteiger partial charge in [0.25, 0.3) is 0 Å². The Morgan fingerprint density at radius 3 is 2.34 bits per heavy atom. The van der Waals surface area contributed by atoms with E-state index in [4.69, 9.17) is 10.5 Å². The van der Waals surface area contributed by atoms with Crippen LogP contribution in [-0.4, -0.2) is 29.9 Å². The molecule has 0 amide bonds. The first-order valence-corrected chi connectivity index (χ1v) is 12.3. The van der Waals surface area contributed by atoms with Gasteiger partial charge in [-0.25, -0.2) is 0 Å². The molecule has 0 saturated carbocycles. The maximum absolute atomic E-state index is 10.6. The molecule has 0 heterocycles. The Bertz CT molecular complexity index is 1250. The van der Waals surface area contributed by atoms with Crippen LogP contribution in [0.3, 0.4) is 0 Å². The van der Waals surface area contributed by atoms with Gasteiger partial charge in [-0.15, -0.1) is 0 Å². The number of benzene rings is 4. The van der Waals surface area contributed by atoms with E-state index < -0.39 is 6.10 Å². The van der Waals surface area contributed by atoms with Crippen LogP contribution in [0.5, 0.6) is 0 Å². The third kappa shape index (κ3) is 6.70. The smallest absolute Gasteiger partial charge is 0.0898 e. The van der Waals surface area contributed by atoms with Crippen molar-refractivity contribution in [3.8, 4) is 11.1 Å². The third-order valence-electron chi connectivity index (χ3n) is 6.44. The predicted molar refractivity (Wildman–Crippen MR) is 146 cm³/mol. The number of nitrogen functional groups attached to an aromatic ring is 1. The molecule has 4 aromatic carbocycles. The highest BCUT2D eigenvalue weighted by molar-refractivity contribution is 5.83. The maximum Gasteiger partial charge on any atom is 0.0898 e. The summed E-state index contributed by atoms with van der Waals surface area (Å²) in [6.45, 7) is 7.09. The Hall–Kier alpha value is -3.18. The summed E-state index contributed by atoms with van der Waals surface area (Å²) in [6, 6.07) is 31.1. The van der Waals surface area contributed by atoms with E-state index in [2.05, 4.69) is 73.8 Å². The highest BCUT2D eigenvalue weighted by atomic mass is 16.5. The number of β-amino-alcohol motifs (C(OH)–C–C–N with tert-alkyl or cyclic N) is 1. The van der Waals surface area contributed by atoms with E-state index in [9.17, 15) is 5.11 Å². The number of ether oxygens (including phenoxy) is 1. The second-order valence-electron chi connectivity index (χ2n) is 9.96. The van der Waals surface area contributed by atoms with Crippen molar-refractivity contribution < 1.29 is 9.84 Å². The molecule has 0 bridgehead atoms. The molecular weight excluding hydrogens is 432 g/mol. The molecule has 4 nitrogen and oxygen atoms in total. The molecule has 0 aromatic heterocycles. The molecule has 4 heteroatoms. The van der Waals surface area contributed by atoms with Crippen LogP contribution in [0.2, 0.25) is 0 Å². The fraction of sp³-hybridized carbons (Fsp3) is 0.290.